The first kappa shape index (κ1) is 17.9. The van der Waals surface area contributed by atoms with Gasteiger partial charge in [-0.05, 0) is 40.8 Å². The minimum Gasteiger partial charge on any atom is -0.492 e. The molecule has 1 amide bonds. The van der Waals surface area contributed by atoms with Gasteiger partial charge in [0.05, 0.1) is 13.0 Å². The zero-order valence-corrected chi connectivity index (χ0v) is 14.6. The van der Waals surface area contributed by atoms with Gasteiger partial charge in [0.1, 0.15) is 12.4 Å². The number of anilines is 1. The van der Waals surface area contributed by atoms with Gasteiger partial charge < -0.3 is 15.8 Å². The van der Waals surface area contributed by atoms with E-state index in [1.807, 2.05) is 24.3 Å². The molecule has 0 atom stereocenters. The topological polar surface area (TPSA) is 64.3 Å². The number of nitrogen functional groups attached to an aromatic ring is 1. The normalized spacial score (nSPS) is 11.1. The van der Waals surface area contributed by atoms with Gasteiger partial charge >= 0.3 is 0 Å². The van der Waals surface area contributed by atoms with Gasteiger partial charge in [-0.1, -0.05) is 45.0 Å². The van der Waals surface area contributed by atoms with Gasteiger partial charge in [0.25, 0.3) is 0 Å². The number of hydrogen-bond acceptors (Lipinski definition) is 3. The summed E-state index contributed by atoms with van der Waals surface area (Å²) in [4.78, 5) is 11.9. The highest BCUT2D eigenvalue weighted by molar-refractivity contribution is 5.78. The Bertz CT molecular complexity index is 656. The van der Waals surface area contributed by atoms with Crippen molar-refractivity contribution in [2.24, 2.45) is 0 Å². The third-order valence-corrected chi connectivity index (χ3v) is 3.76. The summed E-state index contributed by atoms with van der Waals surface area (Å²) in [7, 11) is 0. The van der Waals surface area contributed by atoms with Crippen LogP contribution in [0.25, 0.3) is 0 Å². The number of nitrogens with two attached hydrogens (primary N) is 1. The van der Waals surface area contributed by atoms with E-state index >= 15 is 0 Å². The Morgan fingerprint density at radius 2 is 1.67 bits per heavy atom. The summed E-state index contributed by atoms with van der Waals surface area (Å²) < 4.78 is 5.66. The van der Waals surface area contributed by atoms with E-state index in [4.69, 9.17) is 10.5 Å². The number of amides is 1. The number of benzene rings is 2. The van der Waals surface area contributed by atoms with Crippen LogP contribution in [-0.2, 0) is 16.6 Å². The van der Waals surface area contributed by atoms with Gasteiger partial charge in [-0.2, -0.15) is 0 Å². The Morgan fingerprint density at radius 1 is 1.04 bits per heavy atom. The first-order valence-corrected chi connectivity index (χ1v) is 8.19. The van der Waals surface area contributed by atoms with E-state index in [2.05, 4.69) is 38.2 Å². The fourth-order valence-corrected chi connectivity index (χ4v) is 2.29. The quantitative estimate of drug-likeness (QED) is 0.632. The Kier molecular flexibility index (Phi) is 5.85. The zero-order valence-electron chi connectivity index (χ0n) is 14.6. The molecule has 0 radical (unpaired) electrons. The lowest BCUT2D eigenvalue weighted by molar-refractivity contribution is -0.120. The number of carbonyl (C=O) groups excluding carboxylic acids is 1. The predicted molar refractivity (Wildman–Crippen MR) is 98.2 cm³/mol. The van der Waals surface area contributed by atoms with Crippen molar-refractivity contribution in [3.8, 4) is 5.75 Å². The molecular formula is C20H26N2O2. The van der Waals surface area contributed by atoms with Crippen LogP contribution in [0, 0.1) is 0 Å². The fraction of sp³-hybridized carbons (Fsp3) is 0.350. The van der Waals surface area contributed by atoms with Crippen LogP contribution in [0.4, 0.5) is 5.69 Å². The SMILES string of the molecule is CC(C)(C)c1ccc(OCCNC(=O)Cc2ccc(N)cc2)cc1. The van der Waals surface area contributed by atoms with Gasteiger partial charge in [-0.3, -0.25) is 4.79 Å². The number of ether oxygens (including phenoxy) is 1. The standard InChI is InChI=1S/C20H26N2O2/c1-20(2,3)16-6-10-18(11-7-16)24-13-12-22-19(23)14-15-4-8-17(21)9-5-15/h4-11H,12-14,21H2,1-3H3,(H,22,23). The summed E-state index contributed by atoms with van der Waals surface area (Å²) >= 11 is 0. The highest BCUT2D eigenvalue weighted by Crippen LogP contribution is 2.24. The smallest absolute Gasteiger partial charge is 0.224 e. The van der Waals surface area contributed by atoms with Crippen LogP contribution < -0.4 is 15.8 Å². The van der Waals surface area contributed by atoms with Crippen molar-refractivity contribution in [2.75, 3.05) is 18.9 Å². The molecule has 2 aromatic carbocycles. The number of nitrogens with one attached hydrogen (secondary N) is 1. The summed E-state index contributed by atoms with van der Waals surface area (Å²) in [6.45, 7) is 7.47. The summed E-state index contributed by atoms with van der Waals surface area (Å²) in [6.07, 6.45) is 0.348. The first-order chi connectivity index (χ1) is 11.3. The van der Waals surface area contributed by atoms with Crippen LogP contribution in [0.5, 0.6) is 5.75 Å². The van der Waals surface area contributed by atoms with E-state index < -0.39 is 0 Å². The largest absolute Gasteiger partial charge is 0.492 e. The number of rotatable bonds is 6. The zero-order chi connectivity index (χ0) is 17.6. The fourth-order valence-electron chi connectivity index (χ4n) is 2.29. The second kappa shape index (κ2) is 7.86. The van der Waals surface area contributed by atoms with Crippen LogP contribution in [0.3, 0.4) is 0 Å². The van der Waals surface area contributed by atoms with E-state index in [0.717, 1.165) is 11.3 Å². The Balaban J connectivity index is 1.70. The van der Waals surface area contributed by atoms with Gasteiger partial charge in [0, 0.05) is 5.69 Å². The number of carbonyl (C=O) groups is 1. The van der Waals surface area contributed by atoms with Crippen molar-refractivity contribution in [3.05, 3.63) is 59.7 Å². The molecule has 2 aromatic rings. The molecule has 4 nitrogen and oxygen atoms in total. The second-order valence-corrected chi connectivity index (χ2v) is 6.89. The Hall–Kier alpha value is -2.49. The van der Waals surface area contributed by atoms with Crippen LogP contribution in [-0.4, -0.2) is 19.1 Å². The van der Waals surface area contributed by atoms with E-state index in [1.165, 1.54) is 5.56 Å². The molecule has 0 fully saturated rings. The van der Waals surface area contributed by atoms with Gasteiger partial charge in [-0.15, -0.1) is 0 Å². The molecule has 0 aliphatic rings. The molecule has 3 N–H and O–H groups in total. The molecular weight excluding hydrogens is 300 g/mol. The van der Waals surface area contributed by atoms with Crippen LogP contribution in [0.15, 0.2) is 48.5 Å². The molecule has 0 aliphatic heterocycles. The molecule has 0 saturated heterocycles. The summed E-state index contributed by atoms with van der Waals surface area (Å²) in [6, 6.07) is 15.4. The molecule has 0 aromatic heterocycles. The highest BCUT2D eigenvalue weighted by Gasteiger charge is 2.12. The second-order valence-electron chi connectivity index (χ2n) is 6.89. The molecule has 0 unspecified atom stereocenters. The maximum Gasteiger partial charge on any atom is 0.224 e. The lowest BCUT2D eigenvalue weighted by Gasteiger charge is -2.19. The van der Waals surface area contributed by atoms with E-state index in [1.54, 1.807) is 12.1 Å². The van der Waals surface area contributed by atoms with Crippen molar-refractivity contribution in [1.82, 2.24) is 5.32 Å². The molecule has 0 aliphatic carbocycles. The molecule has 24 heavy (non-hydrogen) atoms. The third-order valence-electron chi connectivity index (χ3n) is 3.76. The average Bonchev–Trinajstić information content (AvgIpc) is 2.53. The van der Waals surface area contributed by atoms with Crippen LogP contribution in [0.2, 0.25) is 0 Å². The monoisotopic (exact) mass is 326 g/mol. The predicted octanol–water partition coefficient (Wildman–Crippen LogP) is 3.30. The molecule has 4 heteroatoms. The molecule has 0 bridgehead atoms. The van der Waals surface area contributed by atoms with Gasteiger partial charge in [0.15, 0.2) is 0 Å². The van der Waals surface area contributed by atoms with Crippen molar-refractivity contribution in [1.29, 1.82) is 0 Å². The van der Waals surface area contributed by atoms with Crippen molar-refractivity contribution in [2.45, 2.75) is 32.6 Å². The Morgan fingerprint density at radius 3 is 2.25 bits per heavy atom. The minimum atomic E-state index is -0.0218. The number of hydrogen-bond donors (Lipinski definition) is 2. The third kappa shape index (κ3) is 5.61. The summed E-state index contributed by atoms with van der Waals surface area (Å²) in [5, 5.41) is 2.86. The van der Waals surface area contributed by atoms with Crippen molar-refractivity contribution in [3.63, 3.8) is 0 Å². The maximum absolute atomic E-state index is 11.9. The Labute approximate surface area is 144 Å². The molecule has 0 spiro atoms. The van der Waals surface area contributed by atoms with E-state index in [9.17, 15) is 4.79 Å². The lowest BCUT2D eigenvalue weighted by Crippen LogP contribution is -2.29. The molecule has 0 heterocycles. The molecule has 128 valence electrons. The van der Waals surface area contributed by atoms with Crippen LogP contribution >= 0.6 is 0 Å². The minimum absolute atomic E-state index is 0.0218. The maximum atomic E-state index is 11.9. The van der Waals surface area contributed by atoms with Gasteiger partial charge in [-0.25, -0.2) is 0 Å². The lowest BCUT2D eigenvalue weighted by atomic mass is 9.87. The van der Waals surface area contributed by atoms with E-state index in [0.29, 0.717) is 25.3 Å². The van der Waals surface area contributed by atoms with Gasteiger partial charge in [0.2, 0.25) is 5.91 Å². The first-order valence-electron chi connectivity index (χ1n) is 8.19. The van der Waals surface area contributed by atoms with Crippen molar-refractivity contribution >= 4 is 11.6 Å². The molecule has 2 rings (SSSR count). The summed E-state index contributed by atoms with van der Waals surface area (Å²) in [5.74, 6) is 0.794. The van der Waals surface area contributed by atoms with Crippen LogP contribution in [0.1, 0.15) is 31.9 Å². The average molecular weight is 326 g/mol. The van der Waals surface area contributed by atoms with E-state index in [-0.39, 0.29) is 11.3 Å². The summed E-state index contributed by atoms with van der Waals surface area (Å²) in [5.41, 5.74) is 8.67. The highest BCUT2D eigenvalue weighted by atomic mass is 16.5. The van der Waals surface area contributed by atoms with Crippen molar-refractivity contribution < 1.29 is 9.53 Å². The molecule has 0 saturated carbocycles.